The minimum Gasteiger partial charge on any atom is -0.504 e. The van der Waals surface area contributed by atoms with Gasteiger partial charge in [0.05, 0.1) is 6.04 Å². The molecule has 4 N–H and O–H groups in total. The van der Waals surface area contributed by atoms with Crippen LogP contribution in [0.2, 0.25) is 0 Å². The molecule has 1 heterocycles. The molecular formula is C15H22N2O5. The molecule has 122 valence electrons. The number of nitrogens with zero attached hydrogens (tertiary/aromatic N) is 1. The van der Waals surface area contributed by atoms with E-state index in [1.54, 1.807) is 25.7 Å². The van der Waals surface area contributed by atoms with E-state index in [0.29, 0.717) is 25.2 Å². The quantitative estimate of drug-likeness (QED) is 0.589. The molecule has 0 bridgehead atoms. The molecule has 0 aromatic heterocycles. The molecular weight excluding hydrogens is 288 g/mol. The molecule has 2 rings (SSSR count). The van der Waals surface area contributed by atoms with Crippen LogP contribution in [0.15, 0.2) is 12.1 Å². The lowest BCUT2D eigenvalue weighted by molar-refractivity contribution is 0.0194. The van der Waals surface area contributed by atoms with Crippen molar-refractivity contribution in [3.8, 4) is 17.2 Å². The lowest BCUT2D eigenvalue weighted by atomic mass is 10.0. The fraction of sp³-hybridized carbons (Fsp3) is 0.533. The van der Waals surface area contributed by atoms with Crippen molar-refractivity contribution in [2.24, 2.45) is 0 Å². The first-order valence-electron chi connectivity index (χ1n) is 7.14. The van der Waals surface area contributed by atoms with Gasteiger partial charge in [0, 0.05) is 25.2 Å². The molecule has 1 unspecified atom stereocenters. The summed E-state index contributed by atoms with van der Waals surface area (Å²) >= 11 is 0. The number of nitrogens with one attached hydrogen (secondary N) is 1. The summed E-state index contributed by atoms with van der Waals surface area (Å²) in [6.07, 6.45) is -0.415. The number of rotatable bonds is 1. The lowest BCUT2D eigenvalue weighted by Crippen LogP contribution is -2.49. The fourth-order valence-electron chi connectivity index (χ4n) is 2.32. The van der Waals surface area contributed by atoms with Crippen molar-refractivity contribution in [3.63, 3.8) is 0 Å². The number of benzene rings is 1. The second-order valence-corrected chi connectivity index (χ2v) is 6.30. The van der Waals surface area contributed by atoms with Gasteiger partial charge in [0.2, 0.25) is 5.75 Å². The number of hydrogen-bond acceptors (Lipinski definition) is 6. The second kappa shape index (κ2) is 5.92. The minimum absolute atomic E-state index is 0.298. The topological polar surface area (TPSA) is 102 Å². The zero-order valence-electron chi connectivity index (χ0n) is 13.0. The zero-order valence-corrected chi connectivity index (χ0v) is 13.0. The summed E-state index contributed by atoms with van der Waals surface area (Å²) in [5.74, 6) is -1.33. The lowest BCUT2D eigenvalue weighted by Gasteiger charge is -2.35. The van der Waals surface area contributed by atoms with Gasteiger partial charge in [0.15, 0.2) is 11.5 Å². The molecule has 7 heteroatoms. The average molecular weight is 310 g/mol. The maximum atomic E-state index is 12.1. The summed E-state index contributed by atoms with van der Waals surface area (Å²) in [7, 11) is 0. The van der Waals surface area contributed by atoms with E-state index in [0.717, 1.165) is 0 Å². The van der Waals surface area contributed by atoms with E-state index < -0.39 is 17.4 Å². The Bertz CT molecular complexity index is 568. The number of phenolic OH excluding ortho intramolecular Hbond substituents is 3. The highest BCUT2D eigenvalue weighted by Gasteiger charge is 2.30. The molecule has 1 aromatic carbocycles. The maximum absolute atomic E-state index is 12.1. The van der Waals surface area contributed by atoms with Crippen molar-refractivity contribution in [2.45, 2.75) is 32.4 Å². The van der Waals surface area contributed by atoms with Gasteiger partial charge in [-0.25, -0.2) is 4.79 Å². The molecule has 7 nitrogen and oxygen atoms in total. The molecule has 0 aliphatic carbocycles. The van der Waals surface area contributed by atoms with Gasteiger partial charge in [-0.2, -0.15) is 0 Å². The number of hydrogen-bond donors (Lipinski definition) is 4. The van der Waals surface area contributed by atoms with Gasteiger partial charge in [0.1, 0.15) is 5.60 Å². The van der Waals surface area contributed by atoms with E-state index >= 15 is 0 Å². The van der Waals surface area contributed by atoms with Crippen LogP contribution < -0.4 is 5.32 Å². The summed E-state index contributed by atoms with van der Waals surface area (Å²) in [6.45, 7) is 6.73. The van der Waals surface area contributed by atoms with Gasteiger partial charge >= 0.3 is 6.09 Å². The smallest absolute Gasteiger partial charge is 0.410 e. The van der Waals surface area contributed by atoms with Crippen LogP contribution in [0, 0.1) is 0 Å². The van der Waals surface area contributed by atoms with Gasteiger partial charge in [-0.05, 0) is 32.9 Å². The van der Waals surface area contributed by atoms with Crippen molar-refractivity contribution in [2.75, 3.05) is 19.6 Å². The second-order valence-electron chi connectivity index (χ2n) is 6.30. The number of amides is 1. The van der Waals surface area contributed by atoms with Crippen molar-refractivity contribution < 1.29 is 24.9 Å². The number of ether oxygens (including phenoxy) is 1. The van der Waals surface area contributed by atoms with Gasteiger partial charge in [0.25, 0.3) is 0 Å². The van der Waals surface area contributed by atoms with E-state index in [-0.39, 0.29) is 17.5 Å². The van der Waals surface area contributed by atoms with Crippen LogP contribution in [0.3, 0.4) is 0 Å². The number of carbonyl (C=O) groups is 1. The largest absolute Gasteiger partial charge is 0.504 e. The van der Waals surface area contributed by atoms with Gasteiger partial charge in [-0.3, -0.25) is 0 Å². The normalized spacial score (nSPS) is 19.0. The Kier molecular flexibility index (Phi) is 4.37. The zero-order chi connectivity index (χ0) is 16.5. The van der Waals surface area contributed by atoms with Gasteiger partial charge in [-0.1, -0.05) is 0 Å². The van der Waals surface area contributed by atoms with Crippen LogP contribution in [0.4, 0.5) is 4.79 Å². The predicted molar refractivity (Wildman–Crippen MR) is 80.0 cm³/mol. The molecule has 1 saturated heterocycles. The monoisotopic (exact) mass is 310 g/mol. The number of carbonyl (C=O) groups excluding carboxylic acids is 1. The summed E-state index contributed by atoms with van der Waals surface area (Å²) in [5, 5.41) is 32.1. The van der Waals surface area contributed by atoms with Gasteiger partial charge < -0.3 is 30.3 Å². The highest BCUT2D eigenvalue weighted by molar-refractivity contribution is 5.68. The molecule has 1 atom stereocenters. The van der Waals surface area contributed by atoms with E-state index in [4.69, 9.17) is 4.74 Å². The summed E-state index contributed by atoms with van der Waals surface area (Å²) in [5.41, 5.74) is -0.153. The Morgan fingerprint density at radius 3 is 2.59 bits per heavy atom. The average Bonchev–Trinajstić information content (AvgIpc) is 2.43. The molecule has 1 amide bonds. The van der Waals surface area contributed by atoms with Crippen LogP contribution in [-0.4, -0.2) is 51.5 Å². The molecule has 1 aliphatic heterocycles. The Hall–Kier alpha value is -2.15. The van der Waals surface area contributed by atoms with E-state index in [9.17, 15) is 20.1 Å². The molecule has 22 heavy (non-hydrogen) atoms. The third-order valence-corrected chi connectivity index (χ3v) is 3.36. The molecule has 0 saturated carbocycles. The van der Waals surface area contributed by atoms with Crippen LogP contribution in [0.1, 0.15) is 32.4 Å². The summed E-state index contributed by atoms with van der Waals surface area (Å²) in [4.78, 5) is 13.7. The highest BCUT2D eigenvalue weighted by Crippen LogP contribution is 2.40. The molecule has 1 aliphatic rings. The van der Waals surface area contributed by atoms with Crippen LogP contribution in [-0.2, 0) is 4.74 Å². The first kappa shape index (κ1) is 16.2. The first-order chi connectivity index (χ1) is 10.2. The van der Waals surface area contributed by atoms with Gasteiger partial charge in [-0.15, -0.1) is 0 Å². The standard InChI is InChI=1S/C15H22N2O5/c1-15(2,3)22-14(21)17-7-6-16-10(8-17)9-4-5-11(18)13(20)12(9)19/h4-5,10,16,18-20H,6-8H2,1-3H3. The van der Waals surface area contributed by atoms with Crippen molar-refractivity contribution in [1.82, 2.24) is 10.2 Å². The van der Waals surface area contributed by atoms with E-state index in [1.807, 2.05) is 0 Å². The van der Waals surface area contributed by atoms with Crippen molar-refractivity contribution in [1.29, 1.82) is 0 Å². The van der Waals surface area contributed by atoms with Crippen molar-refractivity contribution in [3.05, 3.63) is 17.7 Å². The third kappa shape index (κ3) is 3.54. The van der Waals surface area contributed by atoms with E-state index in [2.05, 4.69) is 5.32 Å². The predicted octanol–water partition coefficient (Wildman–Crippen LogP) is 1.68. The molecule has 0 radical (unpaired) electrons. The number of piperazine rings is 1. The SMILES string of the molecule is CC(C)(C)OC(=O)N1CCNC(c2ccc(O)c(O)c2O)C1. The fourth-order valence-corrected chi connectivity index (χ4v) is 2.32. The molecule has 0 spiro atoms. The Labute approximate surface area is 129 Å². The molecule has 1 fully saturated rings. The maximum Gasteiger partial charge on any atom is 0.410 e. The van der Waals surface area contributed by atoms with Crippen LogP contribution >= 0.6 is 0 Å². The number of aromatic hydroxyl groups is 3. The minimum atomic E-state index is -0.573. The highest BCUT2D eigenvalue weighted by atomic mass is 16.6. The van der Waals surface area contributed by atoms with Crippen LogP contribution in [0.25, 0.3) is 0 Å². The Morgan fingerprint density at radius 2 is 1.95 bits per heavy atom. The Morgan fingerprint density at radius 1 is 1.27 bits per heavy atom. The molecule has 1 aromatic rings. The Balaban J connectivity index is 2.14. The van der Waals surface area contributed by atoms with Crippen molar-refractivity contribution >= 4 is 6.09 Å². The summed E-state index contributed by atoms with van der Waals surface area (Å²) in [6, 6.07) is 2.46. The third-order valence-electron chi connectivity index (χ3n) is 3.36. The summed E-state index contributed by atoms with van der Waals surface area (Å²) < 4.78 is 5.34. The van der Waals surface area contributed by atoms with E-state index in [1.165, 1.54) is 12.1 Å². The van der Waals surface area contributed by atoms with Crippen LogP contribution in [0.5, 0.6) is 17.2 Å². The first-order valence-corrected chi connectivity index (χ1v) is 7.14. The number of phenols is 3.